The molecule has 0 aromatic heterocycles. The Morgan fingerprint density at radius 2 is 1.27 bits per heavy atom. The van der Waals surface area contributed by atoms with Crippen LogP contribution < -0.4 is 18.9 Å². The quantitative estimate of drug-likeness (QED) is 0.172. The Balaban J connectivity index is 2.19. The van der Waals surface area contributed by atoms with E-state index in [-0.39, 0.29) is 12.0 Å². The second-order valence-electron chi connectivity index (χ2n) is 6.91. The predicted octanol–water partition coefficient (Wildman–Crippen LogP) is 4.81. The van der Waals surface area contributed by atoms with E-state index in [4.69, 9.17) is 18.9 Å². The standard InChI is InChI=1S/C26H28O7/c1-17(27)26(21(29)12-9-19-11-14-23(31-3)25(16-19)33-5)20(28)8-6-7-18-10-13-22(30-2)24(15-18)32-4/h6-7,9-16,29H,8H2,1-5H3/b7-6+,12-9+,26-21?. The van der Waals surface area contributed by atoms with Gasteiger partial charge in [-0.1, -0.05) is 30.4 Å². The highest BCUT2D eigenvalue weighted by Crippen LogP contribution is 2.29. The molecule has 0 spiro atoms. The molecule has 0 heterocycles. The molecule has 0 saturated heterocycles. The van der Waals surface area contributed by atoms with Crippen LogP contribution in [0.5, 0.6) is 23.0 Å². The van der Waals surface area contributed by atoms with Crippen molar-refractivity contribution in [3.05, 3.63) is 71.0 Å². The molecule has 0 aliphatic carbocycles. The summed E-state index contributed by atoms with van der Waals surface area (Å²) in [5.74, 6) is 0.831. The number of allylic oxidation sites excluding steroid dienone is 3. The number of benzene rings is 2. The van der Waals surface area contributed by atoms with Crippen molar-refractivity contribution in [3.63, 3.8) is 0 Å². The number of carbonyl (C=O) groups excluding carboxylic acids is 2. The number of hydrogen-bond acceptors (Lipinski definition) is 7. The van der Waals surface area contributed by atoms with Crippen molar-refractivity contribution in [1.82, 2.24) is 0 Å². The average Bonchev–Trinajstić information content (AvgIpc) is 2.82. The van der Waals surface area contributed by atoms with Crippen molar-refractivity contribution in [1.29, 1.82) is 0 Å². The second kappa shape index (κ2) is 12.1. The number of rotatable bonds is 11. The molecular weight excluding hydrogens is 424 g/mol. The largest absolute Gasteiger partial charge is 0.507 e. The normalized spacial score (nSPS) is 11.9. The highest BCUT2D eigenvalue weighted by Gasteiger charge is 2.17. The predicted molar refractivity (Wildman–Crippen MR) is 127 cm³/mol. The summed E-state index contributed by atoms with van der Waals surface area (Å²) in [5.41, 5.74) is 1.23. The molecule has 2 rings (SSSR count). The minimum absolute atomic E-state index is 0.0580. The molecule has 2 aromatic carbocycles. The van der Waals surface area contributed by atoms with Crippen LogP contribution in [0.1, 0.15) is 24.5 Å². The van der Waals surface area contributed by atoms with Crippen molar-refractivity contribution in [3.8, 4) is 23.0 Å². The van der Waals surface area contributed by atoms with Gasteiger partial charge < -0.3 is 24.1 Å². The van der Waals surface area contributed by atoms with Crippen molar-refractivity contribution >= 4 is 23.7 Å². The highest BCUT2D eigenvalue weighted by molar-refractivity contribution is 6.20. The van der Waals surface area contributed by atoms with Crippen molar-refractivity contribution in [2.24, 2.45) is 0 Å². The fourth-order valence-electron chi connectivity index (χ4n) is 3.10. The molecule has 0 radical (unpaired) electrons. The van der Waals surface area contributed by atoms with Crippen LogP contribution in [-0.2, 0) is 9.59 Å². The number of carbonyl (C=O) groups is 2. The van der Waals surface area contributed by atoms with Crippen LogP contribution in [0.2, 0.25) is 0 Å². The van der Waals surface area contributed by atoms with Gasteiger partial charge >= 0.3 is 0 Å². The molecule has 0 bridgehead atoms. The smallest absolute Gasteiger partial charge is 0.173 e. The maximum atomic E-state index is 12.6. The lowest BCUT2D eigenvalue weighted by molar-refractivity contribution is -0.120. The fourth-order valence-corrected chi connectivity index (χ4v) is 3.10. The molecular formula is C26H28O7. The first kappa shape index (κ1) is 25.3. The van der Waals surface area contributed by atoms with Crippen LogP contribution in [0, 0.1) is 0 Å². The molecule has 0 aliphatic rings. The van der Waals surface area contributed by atoms with Crippen molar-refractivity contribution in [2.45, 2.75) is 13.3 Å². The van der Waals surface area contributed by atoms with E-state index >= 15 is 0 Å². The summed E-state index contributed by atoms with van der Waals surface area (Å²) >= 11 is 0. The Kier molecular flexibility index (Phi) is 9.30. The fraction of sp³-hybridized carbons (Fsp3) is 0.231. The van der Waals surface area contributed by atoms with E-state index in [1.54, 1.807) is 55.7 Å². The summed E-state index contributed by atoms with van der Waals surface area (Å²) in [5, 5.41) is 10.4. The lowest BCUT2D eigenvalue weighted by Gasteiger charge is -2.08. The minimum atomic E-state index is -0.519. The van der Waals surface area contributed by atoms with Crippen LogP contribution in [0.25, 0.3) is 12.2 Å². The topological polar surface area (TPSA) is 91.3 Å². The van der Waals surface area contributed by atoms with Gasteiger partial charge in [-0.2, -0.15) is 0 Å². The van der Waals surface area contributed by atoms with Crippen LogP contribution >= 0.6 is 0 Å². The van der Waals surface area contributed by atoms with Crippen LogP contribution in [0.4, 0.5) is 0 Å². The van der Waals surface area contributed by atoms with E-state index < -0.39 is 17.3 Å². The van der Waals surface area contributed by atoms with Gasteiger partial charge in [0.1, 0.15) is 11.3 Å². The summed E-state index contributed by atoms with van der Waals surface area (Å²) in [6.45, 7) is 1.24. The van der Waals surface area contributed by atoms with Crippen LogP contribution in [-0.4, -0.2) is 45.1 Å². The van der Waals surface area contributed by atoms with E-state index in [9.17, 15) is 14.7 Å². The third kappa shape index (κ3) is 6.74. The van der Waals surface area contributed by atoms with Gasteiger partial charge in [0.15, 0.2) is 34.6 Å². The molecule has 0 saturated carbocycles. The average molecular weight is 453 g/mol. The molecule has 0 aliphatic heterocycles. The molecule has 1 N–H and O–H groups in total. The highest BCUT2D eigenvalue weighted by atomic mass is 16.5. The van der Waals surface area contributed by atoms with E-state index in [1.807, 2.05) is 6.07 Å². The van der Waals surface area contributed by atoms with E-state index in [2.05, 4.69) is 0 Å². The molecule has 0 unspecified atom stereocenters. The van der Waals surface area contributed by atoms with Gasteiger partial charge in [-0.25, -0.2) is 0 Å². The lowest BCUT2D eigenvalue weighted by Crippen LogP contribution is -2.12. The summed E-state index contributed by atoms with van der Waals surface area (Å²) in [7, 11) is 6.14. The molecule has 0 atom stereocenters. The first-order valence-electron chi connectivity index (χ1n) is 10.1. The molecule has 7 heteroatoms. The first-order valence-corrected chi connectivity index (χ1v) is 10.1. The van der Waals surface area contributed by atoms with E-state index in [0.29, 0.717) is 28.6 Å². The van der Waals surface area contributed by atoms with Gasteiger partial charge in [-0.05, 0) is 48.4 Å². The third-order valence-electron chi connectivity index (χ3n) is 4.75. The molecule has 0 fully saturated rings. The number of ether oxygens (including phenoxy) is 4. The van der Waals surface area contributed by atoms with Gasteiger partial charge in [0, 0.05) is 6.42 Å². The minimum Gasteiger partial charge on any atom is -0.507 e. The van der Waals surface area contributed by atoms with Gasteiger partial charge in [-0.15, -0.1) is 0 Å². The molecule has 33 heavy (non-hydrogen) atoms. The zero-order valence-corrected chi connectivity index (χ0v) is 19.4. The Labute approximate surface area is 193 Å². The number of Topliss-reactive ketones (excluding diaryl/α,β-unsaturated/α-hetero) is 2. The van der Waals surface area contributed by atoms with E-state index in [1.165, 1.54) is 34.3 Å². The van der Waals surface area contributed by atoms with Crippen LogP contribution in [0.15, 0.2) is 59.9 Å². The monoisotopic (exact) mass is 452 g/mol. The maximum Gasteiger partial charge on any atom is 0.173 e. The molecule has 174 valence electrons. The maximum absolute atomic E-state index is 12.6. The zero-order chi connectivity index (χ0) is 24.4. The first-order chi connectivity index (χ1) is 15.8. The van der Waals surface area contributed by atoms with Crippen molar-refractivity contribution < 1.29 is 33.6 Å². The number of methoxy groups -OCH3 is 4. The van der Waals surface area contributed by atoms with Crippen molar-refractivity contribution in [2.75, 3.05) is 28.4 Å². The Morgan fingerprint density at radius 1 is 0.788 bits per heavy atom. The molecule has 0 amide bonds. The van der Waals surface area contributed by atoms with Gasteiger partial charge in [0.2, 0.25) is 0 Å². The van der Waals surface area contributed by atoms with E-state index in [0.717, 1.165) is 5.56 Å². The number of aliphatic hydroxyl groups is 1. The second-order valence-corrected chi connectivity index (χ2v) is 6.91. The number of ketones is 2. The Bertz CT molecular complexity index is 1090. The third-order valence-corrected chi connectivity index (χ3v) is 4.75. The van der Waals surface area contributed by atoms with Gasteiger partial charge in [0.25, 0.3) is 0 Å². The number of aliphatic hydroxyl groups excluding tert-OH is 1. The SMILES string of the molecule is COc1ccc(/C=C/CC(=O)C(C(C)=O)=C(O)/C=C/c2ccc(OC)c(OC)c2)cc1OC. The molecule has 7 nitrogen and oxygen atoms in total. The van der Waals surface area contributed by atoms with Gasteiger partial charge in [-0.3, -0.25) is 9.59 Å². The summed E-state index contributed by atoms with van der Waals surface area (Å²) < 4.78 is 20.9. The Morgan fingerprint density at radius 3 is 1.73 bits per heavy atom. The summed E-state index contributed by atoms with van der Waals surface area (Å²) in [6.07, 6.45) is 6.18. The molecule has 2 aromatic rings. The zero-order valence-electron chi connectivity index (χ0n) is 19.4. The van der Waals surface area contributed by atoms with Gasteiger partial charge in [0.05, 0.1) is 28.4 Å². The summed E-state index contributed by atoms with van der Waals surface area (Å²) in [6, 6.07) is 10.5. The van der Waals surface area contributed by atoms with Crippen LogP contribution in [0.3, 0.4) is 0 Å². The number of hydrogen-bond donors (Lipinski definition) is 1. The Hall–Kier alpha value is -4.00. The summed E-state index contributed by atoms with van der Waals surface area (Å²) in [4.78, 5) is 24.7. The lowest BCUT2D eigenvalue weighted by atomic mass is 10.0.